The zero-order valence-electron chi connectivity index (χ0n) is 14.4. The number of aromatic nitrogens is 5. The van der Waals surface area contributed by atoms with E-state index in [1.54, 1.807) is 12.3 Å². The summed E-state index contributed by atoms with van der Waals surface area (Å²) in [6.45, 7) is 3.90. The second-order valence-electron chi connectivity index (χ2n) is 6.33. The molecule has 1 atom stereocenters. The quantitative estimate of drug-likeness (QED) is 0.751. The first-order valence-corrected chi connectivity index (χ1v) is 8.39. The number of fused-ring (bicyclic) bond motifs is 1. The Labute approximate surface area is 150 Å². The van der Waals surface area contributed by atoms with Crippen molar-refractivity contribution in [2.24, 2.45) is 0 Å². The molecule has 1 aliphatic rings. The maximum absolute atomic E-state index is 14.6. The van der Waals surface area contributed by atoms with Crippen molar-refractivity contribution in [3.8, 4) is 22.6 Å². The minimum absolute atomic E-state index is 0. The highest BCUT2D eigenvalue weighted by molar-refractivity contribution is 5.93. The van der Waals surface area contributed by atoms with Crippen molar-refractivity contribution in [1.29, 1.82) is 0 Å². The lowest BCUT2D eigenvalue weighted by Gasteiger charge is -2.23. The summed E-state index contributed by atoms with van der Waals surface area (Å²) in [7, 11) is 0. The number of anilines is 1. The van der Waals surface area contributed by atoms with E-state index in [-0.39, 0.29) is 13.3 Å². The number of nitrogens with one attached hydrogen (secondary N) is 2. The Hall–Kier alpha value is -3.16. The van der Waals surface area contributed by atoms with Crippen LogP contribution < -0.4 is 5.32 Å². The molecule has 1 unspecified atom stereocenters. The Bertz CT molecular complexity index is 992. The van der Waals surface area contributed by atoms with Crippen LogP contribution in [0, 0.1) is 12.7 Å². The molecule has 0 saturated heterocycles. The van der Waals surface area contributed by atoms with Crippen LogP contribution in [0.4, 0.5) is 10.2 Å². The van der Waals surface area contributed by atoms with Gasteiger partial charge in [0.05, 0.1) is 23.1 Å². The molecule has 4 rings (SSSR count). The van der Waals surface area contributed by atoms with Crippen LogP contribution >= 0.6 is 0 Å². The zero-order valence-corrected chi connectivity index (χ0v) is 14.4. The maximum atomic E-state index is 14.6. The molecule has 2 N–H and O–H groups in total. The number of carbonyl (C=O) groups is 1. The van der Waals surface area contributed by atoms with Crippen LogP contribution in [0.25, 0.3) is 22.6 Å². The number of rotatable bonds is 3. The van der Waals surface area contributed by atoms with Crippen LogP contribution in [0.2, 0.25) is 0 Å². The first kappa shape index (κ1) is 16.3. The minimum atomic E-state index is -0.415. The van der Waals surface area contributed by atoms with Crippen LogP contribution in [0.5, 0.6) is 0 Å². The zero-order chi connectivity index (χ0) is 18.3. The van der Waals surface area contributed by atoms with Crippen molar-refractivity contribution >= 4 is 11.7 Å². The molecule has 3 heterocycles. The van der Waals surface area contributed by atoms with Gasteiger partial charge in [-0.05, 0) is 31.0 Å². The monoisotopic (exact) mass is 354 g/mol. The lowest BCUT2D eigenvalue weighted by Crippen LogP contribution is -2.24. The Kier molecular flexibility index (Phi) is 3.95. The van der Waals surface area contributed by atoms with E-state index in [1.807, 2.05) is 13.8 Å². The first-order valence-electron chi connectivity index (χ1n) is 8.39. The summed E-state index contributed by atoms with van der Waals surface area (Å²) >= 11 is 0. The van der Waals surface area contributed by atoms with E-state index in [9.17, 15) is 9.18 Å². The fraction of sp³-hybridized carbons (Fsp3) is 0.278. The van der Waals surface area contributed by atoms with Gasteiger partial charge in [-0.3, -0.25) is 9.89 Å². The molecule has 26 heavy (non-hydrogen) atoms. The molecule has 134 valence electrons. The standard InChI is InChI=1S/C18H17FN6O.H2/c1-3-10-5-15(26)24-18-16(10)23-14(7-20-18)11-6-13(19)12(4-9(11)2)17-21-8-22-25-17;/h4,6-8,10H,3,5H2,1-2H3,(H,20,24,26)(H,21,22,25);1H. The molecular formula is C18H19FN6O. The van der Waals surface area contributed by atoms with E-state index >= 15 is 0 Å². The fourth-order valence-electron chi connectivity index (χ4n) is 3.23. The molecular weight excluding hydrogens is 335 g/mol. The molecule has 1 aromatic carbocycles. The summed E-state index contributed by atoms with van der Waals surface area (Å²) in [6, 6.07) is 3.15. The summed E-state index contributed by atoms with van der Waals surface area (Å²) in [4.78, 5) is 24.8. The van der Waals surface area contributed by atoms with Gasteiger partial charge in [0.15, 0.2) is 11.6 Å². The van der Waals surface area contributed by atoms with Crippen LogP contribution in [-0.2, 0) is 4.79 Å². The van der Waals surface area contributed by atoms with Gasteiger partial charge in [-0.15, -0.1) is 0 Å². The number of aromatic amines is 1. The normalized spacial score (nSPS) is 16.3. The van der Waals surface area contributed by atoms with Gasteiger partial charge in [0.25, 0.3) is 0 Å². The lowest BCUT2D eigenvalue weighted by atomic mass is 9.94. The Balaban J connectivity index is 0.00000210. The lowest BCUT2D eigenvalue weighted by molar-refractivity contribution is -0.116. The number of halogens is 1. The SMILES string of the molecule is CCC1CC(=O)Nc2ncc(-c3cc(F)c(-c4ncn[nH]4)cc3C)nc21.[HH]. The van der Waals surface area contributed by atoms with Crippen molar-refractivity contribution in [3.63, 3.8) is 0 Å². The maximum Gasteiger partial charge on any atom is 0.226 e. The number of amides is 1. The van der Waals surface area contributed by atoms with E-state index < -0.39 is 5.82 Å². The smallest absolute Gasteiger partial charge is 0.226 e. The third kappa shape index (κ3) is 2.73. The number of H-pyrrole nitrogens is 1. The molecule has 7 nitrogen and oxygen atoms in total. The largest absolute Gasteiger partial charge is 0.309 e. The summed E-state index contributed by atoms with van der Waals surface area (Å²) in [6.07, 6.45) is 4.08. The average molecular weight is 354 g/mol. The van der Waals surface area contributed by atoms with Crippen LogP contribution in [-0.4, -0.2) is 31.1 Å². The van der Waals surface area contributed by atoms with Gasteiger partial charge in [0, 0.05) is 19.3 Å². The van der Waals surface area contributed by atoms with Crippen molar-refractivity contribution in [2.45, 2.75) is 32.6 Å². The van der Waals surface area contributed by atoms with E-state index in [4.69, 9.17) is 0 Å². The van der Waals surface area contributed by atoms with Gasteiger partial charge in [-0.25, -0.2) is 19.3 Å². The summed E-state index contributed by atoms with van der Waals surface area (Å²) in [5, 5.41) is 9.18. The van der Waals surface area contributed by atoms with Crippen LogP contribution in [0.15, 0.2) is 24.7 Å². The topological polar surface area (TPSA) is 96.5 Å². The second kappa shape index (κ2) is 6.29. The van der Waals surface area contributed by atoms with Gasteiger partial charge in [-0.1, -0.05) is 6.92 Å². The molecule has 8 heteroatoms. The van der Waals surface area contributed by atoms with E-state index in [0.29, 0.717) is 34.9 Å². The predicted molar refractivity (Wildman–Crippen MR) is 95.9 cm³/mol. The third-order valence-electron chi connectivity index (χ3n) is 4.63. The highest BCUT2D eigenvalue weighted by Crippen LogP contribution is 2.34. The molecule has 2 aromatic heterocycles. The van der Waals surface area contributed by atoms with Crippen molar-refractivity contribution in [2.75, 3.05) is 5.32 Å². The molecule has 1 amide bonds. The van der Waals surface area contributed by atoms with Crippen LogP contribution in [0.1, 0.15) is 38.4 Å². The number of aryl methyl sites for hydroxylation is 1. The second-order valence-corrected chi connectivity index (χ2v) is 6.33. The number of hydrogen-bond acceptors (Lipinski definition) is 5. The Morgan fingerprint density at radius 2 is 2.15 bits per heavy atom. The van der Waals surface area contributed by atoms with Gasteiger partial charge in [0.1, 0.15) is 12.1 Å². The molecule has 0 aliphatic carbocycles. The van der Waals surface area contributed by atoms with Crippen molar-refractivity contribution in [1.82, 2.24) is 25.1 Å². The van der Waals surface area contributed by atoms with Gasteiger partial charge in [-0.2, -0.15) is 5.10 Å². The van der Waals surface area contributed by atoms with E-state index in [2.05, 4.69) is 30.5 Å². The molecule has 1 aliphatic heterocycles. The van der Waals surface area contributed by atoms with Crippen molar-refractivity contribution < 1.29 is 10.6 Å². The number of hydrogen-bond donors (Lipinski definition) is 2. The number of benzene rings is 1. The van der Waals surface area contributed by atoms with E-state index in [1.165, 1.54) is 12.4 Å². The third-order valence-corrected chi connectivity index (χ3v) is 4.63. The molecule has 3 aromatic rings. The van der Waals surface area contributed by atoms with Gasteiger partial charge >= 0.3 is 0 Å². The van der Waals surface area contributed by atoms with Crippen molar-refractivity contribution in [3.05, 3.63) is 41.7 Å². The van der Waals surface area contributed by atoms with Gasteiger partial charge in [0.2, 0.25) is 5.91 Å². The highest BCUT2D eigenvalue weighted by atomic mass is 19.1. The first-order chi connectivity index (χ1) is 12.6. The number of nitrogens with zero attached hydrogens (tertiary/aromatic N) is 4. The fourth-order valence-corrected chi connectivity index (χ4v) is 3.23. The minimum Gasteiger partial charge on any atom is -0.309 e. The summed E-state index contributed by atoms with van der Waals surface area (Å²) < 4.78 is 14.6. The van der Waals surface area contributed by atoms with Gasteiger partial charge < -0.3 is 5.32 Å². The highest BCUT2D eigenvalue weighted by Gasteiger charge is 2.27. The molecule has 0 fully saturated rings. The number of carbonyl (C=O) groups excluding carboxylic acids is 1. The predicted octanol–water partition coefficient (Wildman–Crippen LogP) is 3.46. The Morgan fingerprint density at radius 1 is 1.31 bits per heavy atom. The summed E-state index contributed by atoms with van der Waals surface area (Å²) in [5.74, 6) is 0.424. The molecule has 0 spiro atoms. The Morgan fingerprint density at radius 3 is 2.88 bits per heavy atom. The van der Waals surface area contributed by atoms with Crippen LogP contribution in [0.3, 0.4) is 0 Å². The average Bonchev–Trinajstić information content (AvgIpc) is 3.16. The summed E-state index contributed by atoms with van der Waals surface area (Å²) in [5.41, 5.74) is 3.20. The van der Waals surface area contributed by atoms with E-state index in [0.717, 1.165) is 17.7 Å². The molecule has 0 bridgehead atoms. The molecule has 0 saturated carbocycles. The molecule has 0 radical (unpaired) electrons.